The van der Waals surface area contributed by atoms with Crippen molar-refractivity contribution >= 4 is 6.09 Å². The molecule has 92 valence electrons. The highest BCUT2D eigenvalue weighted by molar-refractivity contribution is 5.68. The van der Waals surface area contributed by atoms with Gasteiger partial charge in [-0.05, 0) is 26.3 Å². The molecule has 1 saturated heterocycles. The van der Waals surface area contributed by atoms with Gasteiger partial charge in [-0.15, -0.1) is 0 Å². The van der Waals surface area contributed by atoms with Crippen molar-refractivity contribution < 1.29 is 9.53 Å². The van der Waals surface area contributed by atoms with Crippen molar-refractivity contribution in [1.29, 1.82) is 0 Å². The first-order chi connectivity index (χ1) is 7.66. The summed E-state index contributed by atoms with van der Waals surface area (Å²) in [6.45, 7) is 3.37. The Morgan fingerprint density at radius 1 is 1.25 bits per heavy atom. The third kappa shape index (κ3) is 2.65. The lowest BCUT2D eigenvalue weighted by Crippen LogP contribution is -2.48. The molecule has 0 spiro atoms. The summed E-state index contributed by atoms with van der Waals surface area (Å²) < 4.78 is 5.44. The van der Waals surface area contributed by atoms with Crippen molar-refractivity contribution in [1.82, 2.24) is 9.80 Å². The molecule has 5 nitrogen and oxygen atoms in total. The summed E-state index contributed by atoms with van der Waals surface area (Å²) in [5.74, 6) is 0. The summed E-state index contributed by atoms with van der Waals surface area (Å²) in [7, 11) is 2.07. The fourth-order valence-electron chi connectivity index (χ4n) is 2.29. The molecule has 2 rings (SSSR count). The van der Waals surface area contributed by atoms with Crippen molar-refractivity contribution in [3.05, 3.63) is 0 Å². The van der Waals surface area contributed by atoms with Crippen LogP contribution >= 0.6 is 0 Å². The van der Waals surface area contributed by atoms with Crippen molar-refractivity contribution in [3.8, 4) is 0 Å². The van der Waals surface area contributed by atoms with Gasteiger partial charge >= 0.3 is 6.09 Å². The maximum atomic E-state index is 11.8. The maximum absolute atomic E-state index is 11.8. The van der Waals surface area contributed by atoms with Gasteiger partial charge in [-0.25, -0.2) is 4.79 Å². The zero-order chi connectivity index (χ0) is 11.5. The van der Waals surface area contributed by atoms with Crippen LogP contribution in [0.5, 0.6) is 0 Å². The van der Waals surface area contributed by atoms with Crippen molar-refractivity contribution in [2.75, 3.05) is 33.2 Å². The summed E-state index contributed by atoms with van der Waals surface area (Å²) in [4.78, 5) is 15.8. The van der Waals surface area contributed by atoms with Crippen LogP contribution in [-0.2, 0) is 4.74 Å². The third-order valence-electron chi connectivity index (χ3n) is 3.52. The Kier molecular flexibility index (Phi) is 3.66. The van der Waals surface area contributed by atoms with E-state index < -0.39 is 0 Å². The second kappa shape index (κ2) is 5.01. The maximum Gasteiger partial charge on any atom is 0.410 e. The van der Waals surface area contributed by atoms with Crippen LogP contribution in [0.3, 0.4) is 0 Å². The van der Waals surface area contributed by atoms with Crippen LogP contribution in [-0.4, -0.2) is 61.3 Å². The molecule has 2 fully saturated rings. The number of hydrogen-bond donors (Lipinski definition) is 1. The minimum atomic E-state index is -0.185. The van der Waals surface area contributed by atoms with Gasteiger partial charge in [-0.3, -0.25) is 0 Å². The van der Waals surface area contributed by atoms with Gasteiger partial charge in [0.25, 0.3) is 0 Å². The molecule has 1 aliphatic carbocycles. The molecular weight excluding hydrogens is 206 g/mol. The summed E-state index contributed by atoms with van der Waals surface area (Å²) in [6, 6.07) is 0.0383. The minimum Gasteiger partial charge on any atom is -0.444 e. The molecule has 2 atom stereocenters. The van der Waals surface area contributed by atoms with E-state index in [1.165, 1.54) is 0 Å². The van der Waals surface area contributed by atoms with E-state index in [0.717, 1.165) is 45.4 Å². The van der Waals surface area contributed by atoms with Crippen molar-refractivity contribution in [2.45, 2.75) is 31.4 Å². The summed E-state index contributed by atoms with van der Waals surface area (Å²) in [6.07, 6.45) is 2.71. The molecule has 5 heteroatoms. The van der Waals surface area contributed by atoms with Crippen LogP contribution in [0.1, 0.15) is 19.3 Å². The number of amides is 1. The van der Waals surface area contributed by atoms with Gasteiger partial charge in [0.05, 0.1) is 0 Å². The van der Waals surface area contributed by atoms with Crippen LogP contribution in [0.2, 0.25) is 0 Å². The topological polar surface area (TPSA) is 58.8 Å². The summed E-state index contributed by atoms with van der Waals surface area (Å²) in [5.41, 5.74) is 5.87. The molecule has 0 bridgehead atoms. The smallest absolute Gasteiger partial charge is 0.410 e. The number of piperazine rings is 1. The van der Waals surface area contributed by atoms with Gasteiger partial charge in [0.15, 0.2) is 0 Å². The predicted octanol–water partition coefficient (Wildman–Crippen LogP) is 0.250. The highest BCUT2D eigenvalue weighted by Crippen LogP contribution is 2.21. The van der Waals surface area contributed by atoms with Crippen LogP contribution in [0.15, 0.2) is 0 Å². The van der Waals surface area contributed by atoms with E-state index in [1.54, 1.807) is 4.90 Å². The normalized spacial score (nSPS) is 31.8. The molecule has 1 saturated carbocycles. The van der Waals surface area contributed by atoms with Gasteiger partial charge in [-0.2, -0.15) is 0 Å². The highest BCUT2D eigenvalue weighted by Gasteiger charge is 2.29. The molecule has 0 aromatic heterocycles. The molecule has 0 radical (unpaired) electrons. The number of carbonyl (C=O) groups excluding carboxylic acids is 1. The van der Waals surface area contributed by atoms with E-state index in [0.29, 0.717) is 0 Å². The zero-order valence-corrected chi connectivity index (χ0v) is 9.89. The Bertz CT molecular complexity index is 252. The zero-order valence-electron chi connectivity index (χ0n) is 9.89. The SMILES string of the molecule is CN1CCN(C(=O)O[C@@H]2CCC[C@H]2N)CC1. The number of ether oxygens (including phenoxy) is 1. The summed E-state index contributed by atoms with van der Waals surface area (Å²) in [5, 5.41) is 0. The largest absolute Gasteiger partial charge is 0.444 e. The highest BCUT2D eigenvalue weighted by atomic mass is 16.6. The lowest BCUT2D eigenvalue weighted by atomic mass is 10.2. The molecule has 1 heterocycles. The van der Waals surface area contributed by atoms with Crippen molar-refractivity contribution in [2.24, 2.45) is 5.73 Å². The number of hydrogen-bond acceptors (Lipinski definition) is 4. The van der Waals surface area contributed by atoms with Crippen LogP contribution in [0.25, 0.3) is 0 Å². The molecule has 16 heavy (non-hydrogen) atoms. The van der Waals surface area contributed by atoms with Gasteiger partial charge < -0.3 is 20.3 Å². The number of nitrogens with zero attached hydrogens (tertiary/aromatic N) is 2. The van der Waals surface area contributed by atoms with Gasteiger partial charge in [-0.1, -0.05) is 0 Å². The number of nitrogens with two attached hydrogens (primary N) is 1. The minimum absolute atomic E-state index is 0.0383. The van der Waals surface area contributed by atoms with Gasteiger partial charge in [0.2, 0.25) is 0 Å². The number of likely N-dealkylation sites (N-methyl/N-ethyl adjacent to an activating group) is 1. The van der Waals surface area contributed by atoms with Crippen LogP contribution in [0.4, 0.5) is 4.79 Å². The number of carbonyl (C=O) groups is 1. The average molecular weight is 227 g/mol. The van der Waals surface area contributed by atoms with Gasteiger partial charge in [0, 0.05) is 32.2 Å². The standard InChI is InChI=1S/C11H21N3O2/c1-13-5-7-14(8-6-13)11(15)16-10-4-2-3-9(10)12/h9-10H,2-8,12H2,1H3/t9-,10-/m1/s1. The first-order valence-electron chi connectivity index (χ1n) is 6.06. The second-order valence-corrected chi connectivity index (χ2v) is 4.81. The Hall–Kier alpha value is -0.810. The molecular formula is C11H21N3O2. The van der Waals surface area contributed by atoms with Gasteiger partial charge in [0.1, 0.15) is 6.10 Å². The van der Waals surface area contributed by atoms with E-state index in [4.69, 9.17) is 10.5 Å². The second-order valence-electron chi connectivity index (χ2n) is 4.81. The fourth-order valence-corrected chi connectivity index (χ4v) is 2.29. The Morgan fingerprint density at radius 3 is 2.50 bits per heavy atom. The average Bonchev–Trinajstić information content (AvgIpc) is 2.65. The van der Waals surface area contributed by atoms with Crippen LogP contribution in [0, 0.1) is 0 Å². The van der Waals surface area contributed by atoms with E-state index in [1.807, 2.05) is 0 Å². The van der Waals surface area contributed by atoms with E-state index >= 15 is 0 Å². The molecule has 1 amide bonds. The molecule has 0 unspecified atom stereocenters. The lowest BCUT2D eigenvalue weighted by molar-refractivity contribution is 0.0464. The van der Waals surface area contributed by atoms with E-state index in [-0.39, 0.29) is 18.2 Å². The quantitative estimate of drug-likeness (QED) is 0.697. The number of rotatable bonds is 1. The fraction of sp³-hybridized carbons (Fsp3) is 0.909. The Labute approximate surface area is 96.5 Å². The van der Waals surface area contributed by atoms with E-state index in [9.17, 15) is 4.79 Å². The lowest BCUT2D eigenvalue weighted by Gasteiger charge is -2.32. The Balaban J connectivity index is 1.79. The summed E-state index contributed by atoms with van der Waals surface area (Å²) >= 11 is 0. The Morgan fingerprint density at radius 2 is 1.94 bits per heavy atom. The van der Waals surface area contributed by atoms with Crippen LogP contribution < -0.4 is 5.73 Å². The predicted molar refractivity (Wildman–Crippen MR) is 61.2 cm³/mol. The molecule has 2 aliphatic rings. The third-order valence-corrected chi connectivity index (χ3v) is 3.52. The van der Waals surface area contributed by atoms with Crippen molar-refractivity contribution in [3.63, 3.8) is 0 Å². The first kappa shape index (κ1) is 11.7. The molecule has 1 aliphatic heterocycles. The monoisotopic (exact) mass is 227 g/mol. The first-order valence-corrected chi connectivity index (χ1v) is 6.06. The van der Waals surface area contributed by atoms with E-state index in [2.05, 4.69) is 11.9 Å². The molecule has 2 N–H and O–H groups in total. The molecule has 0 aromatic carbocycles. The molecule has 0 aromatic rings.